The quantitative estimate of drug-likeness (QED) is 0.471. The molecule has 2 atom stereocenters. The lowest BCUT2D eigenvalue weighted by Gasteiger charge is -2.29. The molecule has 0 spiro atoms. The van der Waals surface area contributed by atoms with Crippen LogP contribution in [0.2, 0.25) is 0 Å². The molecular formula is C7H6Br2F6. The molecule has 0 amide bonds. The highest BCUT2D eigenvalue weighted by molar-refractivity contribution is 9.25. The van der Waals surface area contributed by atoms with Gasteiger partial charge in [0.05, 0.1) is 9.15 Å². The zero-order valence-corrected chi connectivity index (χ0v) is 10.5. The largest absolute Gasteiger partial charge is 0.397 e. The number of halogens is 8. The van der Waals surface area contributed by atoms with Crippen LogP contribution in [0.25, 0.3) is 0 Å². The molecular weight excluding hydrogens is 358 g/mol. The molecule has 1 saturated carbocycles. The molecule has 0 aromatic carbocycles. The van der Waals surface area contributed by atoms with Gasteiger partial charge in [-0.05, 0) is 6.42 Å². The maximum absolute atomic E-state index is 12.6. The van der Waals surface area contributed by atoms with E-state index >= 15 is 0 Å². The first-order valence-electron chi connectivity index (χ1n) is 3.87. The fourth-order valence-corrected chi connectivity index (χ4v) is 3.63. The molecule has 1 fully saturated rings. The van der Waals surface area contributed by atoms with Crippen molar-refractivity contribution in [2.45, 2.75) is 28.9 Å². The second-order valence-corrected chi connectivity index (χ2v) is 7.39. The zero-order valence-electron chi connectivity index (χ0n) is 7.31. The third kappa shape index (κ3) is 1.92. The van der Waals surface area contributed by atoms with E-state index in [1.807, 2.05) is 0 Å². The Morgan fingerprint density at radius 2 is 1.40 bits per heavy atom. The average Bonchev–Trinajstić information content (AvgIpc) is 2.50. The minimum atomic E-state index is -4.89. The smallest absolute Gasteiger partial charge is 0.171 e. The lowest BCUT2D eigenvalue weighted by atomic mass is 9.89. The van der Waals surface area contributed by atoms with Crippen LogP contribution >= 0.6 is 31.9 Å². The molecule has 15 heavy (non-hydrogen) atoms. The van der Waals surface area contributed by atoms with E-state index in [9.17, 15) is 26.3 Å². The van der Waals surface area contributed by atoms with Crippen LogP contribution in [0.5, 0.6) is 0 Å². The first kappa shape index (κ1) is 13.6. The van der Waals surface area contributed by atoms with E-state index in [0.29, 0.717) is 6.92 Å². The van der Waals surface area contributed by atoms with Crippen LogP contribution in [0.15, 0.2) is 0 Å². The summed E-state index contributed by atoms with van der Waals surface area (Å²) in [4.78, 5) is 0. The van der Waals surface area contributed by atoms with Crippen molar-refractivity contribution in [3.05, 3.63) is 0 Å². The van der Waals surface area contributed by atoms with E-state index in [1.54, 1.807) is 0 Å². The summed E-state index contributed by atoms with van der Waals surface area (Å²) in [5, 5.41) is 0. The van der Waals surface area contributed by atoms with Gasteiger partial charge in [-0.3, -0.25) is 0 Å². The molecule has 0 nitrogen and oxygen atoms in total. The van der Waals surface area contributed by atoms with Gasteiger partial charge in [0.15, 0.2) is 0 Å². The van der Waals surface area contributed by atoms with Crippen molar-refractivity contribution in [2.75, 3.05) is 0 Å². The fraction of sp³-hybridized carbons (Fsp3) is 1.00. The van der Waals surface area contributed by atoms with Gasteiger partial charge in [-0.1, -0.05) is 38.8 Å². The molecule has 1 aliphatic rings. The maximum Gasteiger partial charge on any atom is 0.397 e. The Balaban J connectivity index is 3.09. The van der Waals surface area contributed by atoms with Crippen molar-refractivity contribution in [1.82, 2.24) is 0 Å². The van der Waals surface area contributed by atoms with Crippen molar-refractivity contribution in [3.8, 4) is 0 Å². The van der Waals surface area contributed by atoms with Gasteiger partial charge < -0.3 is 0 Å². The van der Waals surface area contributed by atoms with Crippen molar-refractivity contribution in [3.63, 3.8) is 0 Å². The Bertz CT molecular complexity index is 268. The van der Waals surface area contributed by atoms with Crippen molar-refractivity contribution < 1.29 is 26.3 Å². The molecule has 0 heterocycles. The molecule has 0 radical (unpaired) electrons. The molecule has 0 N–H and O–H groups in total. The Labute approximate surface area is 98.7 Å². The highest BCUT2D eigenvalue weighted by atomic mass is 79.9. The van der Waals surface area contributed by atoms with E-state index in [1.165, 1.54) is 0 Å². The van der Waals surface area contributed by atoms with Gasteiger partial charge in [-0.15, -0.1) is 0 Å². The lowest BCUT2D eigenvalue weighted by molar-refractivity contribution is -0.261. The Morgan fingerprint density at radius 3 is 1.47 bits per heavy atom. The van der Waals surface area contributed by atoms with E-state index in [4.69, 9.17) is 0 Å². The van der Waals surface area contributed by atoms with Gasteiger partial charge in [0, 0.05) is 0 Å². The first-order chi connectivity index (χ1) is 6.36. The van der Waals surface area contributed by atoms with Gasteiger partial charge in [-0.2, -0.15) is 26.3 Å². The second kappa shape index (κ2) is 3.27. The van der Waals surface area contributed by atoms with Crippen LogP contribution in [0.1, 0.15) is 13.3 Å². The van der Waals surface area contributed by atoms with Crippen molar-refractivity contribution >= 4 is 31.9 Å². The van der Waals surface area contributed by atoms with Crippen LogP contribution in [-0.2, 0) is 0 Å². The summed E-state index contributed by atoms with van der Waals surface area (Å²) in [7, 11) is 0. The molecule has 1 aliphatic carbocycles. The van der Waals surface area contributed by atoms with E-state index in [-0.39, 0.29) is 0 Å². The number of alkyl halides is 8. The molecule has 90 valence electrons. The molecule has 0 bridgehead atoms. The van der Waals surface area contributed by atoms with Gasteiger partial charge in [0.2, 0.25) is 0 Å². The van der Waals surface area contributed by atoms with Gasteiger partial charge >= 0.3 is 12.4 Å². The SMILES string of the molecule is CC(C(F)(F)F)C1(C(F)(F)F)CC1(Br)Br. The monoisotopic (exact) mass is 362 g/mol. The molecule has 0 aromatic rings. The summed E-state index contributed by atoms with van der Waals surface area (Å²) in [6, 6.07) is 0. The summed E-state index contributed by atoms with van der Waals surface area (Å²) >= 11 is 5.27. The van der Waals surface area contributed by atoms with E-state index in [0.717, 1.165) is 0 Å². The first-order valence-corrected chi connectivity index (χ1v) is 5.46. The summed E-state index contributed by atoms with van der Waals surface area (Å²) in [6.45, 7) is 0.553. The number of hydrogen-bond donors (Lipinski definition) is 0. The highest BCUT2D eigenvalue weighted by Gasteiger charge is 2.83. The molecule has 0 aliphatic heterocycles. The molecule has 0 aromatic heterocycles. The van der Waals surface area contributed by atoms with Crippen molar-refractivity contribution in [1.29, 1.82) is 0 Å². The Hall–Kier alpha value is 0.540. The van der Waals surface area contributed by atoms with Crippen LogP contribution in [0, 0.1) is 11.3 Å². The average molecular weight is 364 g/mol. The fourth-order valence-electron chi connectivity index (χ4n) is 1.61. The minimum absolute atomic E-state index is 0.553. The third-order valence-corrected chi connectivity index (χ3v) is 4.74. The second-order valence-electron chi connectivity index (χ2n) is 3.61. The van der Waals surface area contributed by atoms with Crippen LogP contribution in [0.4, 0.5) is 26.3 Å². The summed E-state index contributed by atoms with van der Waals surface area (Å²) in [5.74, 6) is -2.44. The molecule has 1 rings (SSSR count). The molecule has 0 saturated heterocycles. The summed E-state index contributed by atoms with van der Waals surface area (Å²) in [5.41, 5.74) is -2.77. The van der Waals surface area contributed by atoms with Crippen LogP contribution in [-0.4, -0.2) is 15.6 Å². The van der Waals surface area contributed by atoms with Crippen LogP contribution in [0.3, 0.4) is 0 Å². The van der Waals surface area contributed by atoms with Gasteiger partial charge in [-0.25, -0.2) is 0 Å². The zero-order chi connectivity index (χ0) is 12.3. The van der Waals surface area contributed by atoms with Gasteiger partial charge in [0.1, 0.15) is 5.41 Å². The van der Waals surface area contributed by atoms with E-state index < -0.39 is 33.3 Å². The predicted molar refractivity (Wildman–Crippen MR) is 48.9 cm³/mol. The molecule has 2 unspecified atom stereocenters. The van der Waals surface area contributed by atoms with Crippen LogP contribution < -0.4 is 0 Å². The summed E-state index contributed by atoms with van der Waals surface area (Å²) < 4.78 is 73.1. The maximum atomic E-state index is 12.6. The Kier molecular flexibility index (Phi) is 2.97. The molecule has 8 heteroatoms. The Morgan fingerprint density at radius 1 is 1.07 bits per heavy atom. The normalized spacial score (nSPS) is 32.6. The number of hydrogen-bond acceptors (Lipinski definition) is 0. The summed E-state index contributed by atoms with van der Waals surface area (Å²) in [6.07, 6.45) is -10.4. The van der Waals surface area contributed by atoms with E-state index in [2.05, 4.69) is 31.9 Å². The standard InChI is InChI=1S/C7H6Br2F6/c1-3(6(10,11)12)4(7(13,14)15)2-5(4,8)9/h3H,2H2,1H3. The third-order valence-electron chi connectivity index (χ3n) is 2.76. The van der Waals surface area contributed by atoms with Crippen molar-refractivity contribution in [2.24, 2.45) is 11.3 Å². The topological polar surface area (TPSA) is 0 Å². The van der Waals surface area contributed by atoms with Gasteiger partial charge in [0.25, 0.3) is 0 Å². The minimum Gasteiger partial charge on any atom is -0.171 e. The lowest BCUT2D eigenvalue weighted by Crippen LogP contribution is -2.42. The predicted octanol–water partition coefficient (Wildman–Crippen LogP) is 4.62. The highest BCUT2D eigenvalue weighted by Crippen LogP contribution is 2.77. The number of rotatable bonds is 1.